The molecule has 0 spiro atoms. The molecule has 10 nitrogen and oxygen atoms in total. The van der Waals surface area contributed by atoms with E-state index in [1.165, 1.54) is 23.5 Å². The van der Waals surface area contributed by atoms with Gasteiger partial charge in [0, 0.05) is 51.0 Å². The minimum absolute atomic E-state index is 0.0424. The van der Waals surface area contributed by atoms with Crippen molar-refractivity contribution in [1.29, 1.82) is 0 Å². The molecule has 0 saturated carbocycles. The van der Waals surface area contributed by atoms with Crippen molar-refractivity contribution >= 4 is 34.2 Å². The number of carbonyl (C=O) groups is 2. The fourth-order valence-electron chi connectivity index (χ4n) is 3.78. The smallest absolute Gasteiger partial charge is 0.295 e. The third-order valence-corrected chi connectivity index (χ3v) is 5.33. The van der Waals surface area contributed by atoms with Gasteiger partial charge in [-0.15, -0.1) is 0 Å². The monoisotopic (exact) mass is 438 g/mol. The molecule has 4 heterocycles. The molecule has 32 heavy (non-hydrogen) atoms. The number of anilines is 2. The van der Waals surface area contributed by atoms with Crippen molar-refractivity contribution in [3.8, 4) is 0 Å². The van der Waals surface area contributed by atoms with Crippen LogP contribution in [0.25, 0.3) is 10.9 Å². The lowest BCUT2D eigenvalue weighted by atomic mass is 10.1. The average molecular weight is 438 g/mol. The van der Waals surface area contributed by atoms with Crippen LogP contribution < -0.4 is 21.5 Å². The first-order chi connectivity index (χ1) is 15.5. The number of amides is 1. The van der Waals surface area contributed by atoms with Crippen LogP contribution in [0.3, 0.4) is 0 Å². The molecule has 1 saturated heterocycles. The topological polar surface area (TPSA) is 137 Å². The summed E-state index contributed by atoms with van der Waals surface area (Å²) in [5, 5.41) is 1.05. The Morgan fingerprint density at radius 3 is 2.78 bits per heavy atom. The summed E-state index contributed by atoms with van der Waals surface area (Å²) < 4.78 is 14.6. The van der Waals surface area contributed by atoms with Crippen molar-refractivity contribution in [2.45, 2.75) is 6.42 Å². The zero-order valence-corrected chi connectivity index (χ0v) is 17.2. The largest absolute Gasteiger partial charge is 0.403 e. The van der Waals surface area contributed by atoms with Crippen LogP contribution in [0, 0.1) is 5.82 Å². The lowest BCUT2D eigenvalue weighted by molar-refractivity contribution is -0.126. The number of hydrogen-bond donors (Lipinski definition) is 3. The molecule has 0 aromatic carbocycles. The minimum Gasteiger partial charge on any atom is -0.403 e. The van der Waals surface area contributed by atoms with Gasteiger partial charge in [0.1, 0.15) is 5.82 Å². The Bertz CT molecular complexity index is 1160. The Balaban J connectivity index is 1.57. The maximum absolute atomic E-state index is 14.6. The number of H-pyrrole nitrogens is 1. The Morgan fingerprint density at radius 1 is 1.19 bits per heavy atom. The molecule has 1 aliphatic heterocycles. The van der Waals surface area contributed by atoms with E-state index in [2.05, 4.69) is 19.9 Å². The zero-order valence-electron chi connectivity index (χ0n) is 17.2. The number of fused-ring (bicyclic) bond motifs is 1. The first-order valence-corrected chi connectivity index (χ1v) is 10.1. The molecule has 1 fully saturated rings. The Kier molecular flexibility index (Phi) is 5.99. The molecule has 166 valence electrons. The lowest BCUT2D eigenvalue weighted by Gasteiger charge is -2.22. The van der Waals surface area contributed by atoms with Gasteiger partial charge in [-0.1, -0.05) is 6.07 Å². The van der Waals surface area contributed by atoms with Crippen molar-refractivity contribution < 1.29 is 14.0 Å². The zero-order chi connectivity index (χ0) is 22.7. The molecule has 1 amide bonds. The second kappa shape index (κ2) is 9.02. The van der Waals surface area contributed by atoms with E-state index >= 15 is 0 Å². The second-order valence-corrected chi connectivity index (χ2v) is 7.28. The quantitative estimate of drug-likeness (QED) is 0.233. The highest BCUT2D eigenvalue weighted by Gasteiger charge is 2.29. The van der Waals surface area contributed by atoms with E-state index in [0.717, 1.165) is 17.0 Å². The van der Waals surface area contributed by atoms with Gasteiger partial charge < -0.3 is 20.5 Å². The predicted octanol–water partition coefficient (Wildman–Crippen LogP) is 1.13. The molecule has 3 aromatic heterocycles. The molecule has 4 rings (SSSR count). The Labute approximate surface area is 183 Å². The SMILES string of the molecule is N/C=C\N(N)c1ncc(F)c2c(C(=O)C(=O)N3CCCN(c4ccccn4)CC3)c[nH]c12. The van der Waals surface area contributed by atoms with Crippen molar-refractivity contribution in [3.05, 3.63) is 60.6 Å². The van der Waals surface area contributed by atoms with Crippen LogP contribution in [0.4, 0.5) is 16.0 Å². The van der Waals surface area contributed by atoms with Crippen LogP contribution in [-0.2, 0) is 4.79 Å². The highest BCUT2D eigenvalue weighted by atomic mass is 19.1. The van der Waals surface area contributed by atoms with E-state index in [1.807, 2.05) is 18.2 Å². The molecular formula is C21H23FN8O2. The van der Waals surface area contributed by atoms with Crippen LogP contribution >= 0.6 is 0 Å². The molecule has 1 aliphatic rings. The van der Waals surface area contributed by atoms with Crippen molar-refractivity contribution in [2.24, 2.45) is 11.6 Å². The van der Waals surface area contributed by atoms with E-state index in [-0.39, 0.29) is 22.3 Å². The van der Waals surface area contributed by atoms with Gasteiger partial charge >= 0.3 is 0 Å². The van der Waals surface area contributed by atoms with Gasteiger partial charge in [-0.25, -0.2) is 20.2 Å². The van der Waals surface area contributed by atoms with E-state index < -0.39 is 17.5 Å². The van der Waals surface area contributed by atoms with Gasteiger partial charge in [0.15, 0.2) is 11.6 Å². The molecule has 0 radical (unpaired) electrons. The van der Waals surface area contributed by atoms with Crippen molar-refractivity contribution in [1.82, 2.24) is 19.9 Å². The number of aromatic amines is 1. The van der Waals surface area contributed by atoms with E-state index in [4.69, 9.17) is 11.6 Å². The summed E-state index contributed by atoms with van der Waals surface area (Å²) in [7, 11) is 0. The number of pyridine rings is 2. The maximum Gasteiger partial charge on any atom is 0.295 e. The summed E-state index contributed by atoms with van der Waals surface area (Å²) in [5.74, 6) is 4.63. The number of nitrogens with one attached hydrogen (secondary N) is 1. The molecular weight excluding hydrogens is 415 g/mol. The van der Waals surface area contributed by atoms with Crippen LogP contribution in [0.15, 0.2) is 49.2 Å². The van der Waals surface area contributed by atoms with Crippen molar-refractivity contribution in [3.63, 3.8) is 0 Å². The number of aromatic nitrogens is 3. The maximum atomic E-state index is 14.6. The third kappa shape index (κ3) is 3.97. The van der Waals surface area contributed by atoms with Crippen LogP contribution in [-0.4, -0.2) is 57.7 Å². The van der Waals surface area contributed by atoms with Crippen LogP contribution in [0.5, 0.6) is 0 Å². The first-order valence-electron chi connectivity index (χ1n) is 10.1. The van der Waals surface area contributed by atoms with Gasteiger partial charge in [0.25, 0.3) is 11.7 Å². The number of hydrazine groups is 1. The van der Waals surface area contributed by atoms with Gasteiger partial charge in [-0.05, 0) is 18.6 Å². The summed E-state index contributed by atoms with van der Waals surface area (Å²) in [5.41, 5.74) is 5.48. The fraction of sp³-hybridized carbons (Fsp3) is 0.238. The third-order valence-electron chi connectivity index (χ3n) is 5.33. The number of ketones is 1. The second-order valence-electron chi connectivity index (χ2n) is 7.28. The average Bonchev–Trinajstić information content (AvgIpc) is 3.11. The minimum atomic E-state index is -0.795. The summed E-state index contributed by atoms with van der Waals surface area (Å²) in [4.78, 5) is 40.7. The molecule has 3 aromatic rings. The van der Waals surface area contributed by atoms with E-state index in [1.54, 1.807) is 6.20 Å². The Morgan fingerprint density at radius 2 is 2.03 bits per heavy atom. The number of nitrogens with zero attached hydrogens (tertiary/aromatic N) is 5. The molecule has 0 bridgehead atoms. The summed E-state index contributed by atoms with van der Waals surface area (Å²) in [6.07, 6.45) is 7.18. The van der Waals surface area contributed by atoms with E-state index in [9.17, 15) is 14.0 Å². The summed E-state index contributed by atoms with van der Waals surface area (Å²) in [6.45, 7) is 2.03. The van der Waals surface area contributed by atoms with Crippen LogP contribution in [0.1, 0.15) is 16.8 Å². The number of Topliss-reactive ketones (excluding diaryl/α,β-unsaturated/α-hetero) is 1. The highest BCUT2D eigenvalue weighted by Crippen LogP contribution is 2.28. The molecule has 0 aliphatic carbocycles. The first kappa shape index (κ1) is 21.2. The fourth-order valence-corrected chi connectivity index (χ4v) is 3.78. The standard InChI is InChI=1S/C21H23FN8O2/c22-15-13-27-20(30(24)9-5-23)18-17(15)14(12-26-18)19(31)21(32)29-8-3-7-28(10-11-29)16-4-1-2-6-25-16/h1-2,4-6,9,12-13,26H,3,7-8,10-11,23-24H2/b9-5-. The van der Waals surface area contributed by atoms with Gasteiger partial charge in [0.2, 0.25) is 0 Å². The van der Waals surface area contributed by atoms with E-state index in [0.29, 0.717) is 32.6 Å². The number of rotatable bonds is 5. The molecule has 5 N–H and O–H groups in total. The molecule has 0 atom stereocenters. The molecule has 11 heteroatoms. The number of nitrogens with two attached hydrogens (primary N) is 2. The Hall–Kier alpha value is -3.99. The van der Waals surface area contributed by atoms with Gasteiger partial charge in [-0.2, -0.15) is 0 Å². The van der Waals surface area contributed by atoms with Gasteiger partial charge in [-0.3, -0.25) is 14.6 Å². The summed E-state index contributed by atoms with van der Waals surface area (Å²) >= 11 is 0. The van der Waals surface area contributed by atoms with Crippen LogP contribution in [0.2, 0.25) is 0 Å². The highest BCUT2D eigenvalue weighted by molar-refractivity contribution is 6.45. The number of hydrogen-bond acceptors (Lipinski definition) is 8. The van der Waals surface area contributed by atoms with Crippen molar-refractivity contribution in [2.75, 3.05) is 36.1 Å². The van der Waals surface area contributed by atoms with Gasteiger partial charge in [0.05, 0.1) is 22.7 Å². The number of carbonyl (C=O) groups excluding carboxylic acids is 2. The normalized spacial score (nSPS) is 14.7. The molecule has 0 unspecified atom stereocenters. The lowest BCUT2D eigenvalue weighted by Crippen LogP contribution is -2.39. The predicted molar refractivity (Wildman–Crippen MR) is 118 cm³/mol. The number of halogens is 1. The summed E-state index contributed by atoms with van der Waals surface area (Å²) in [6, 6.07) is 5.65.